The fourth-order valence-corrected chi connectivity index (χ4v) is 3.04. The van der Waals surface area contributed by atoms with Crippen LogP contribution in [0.5, 0.6) is 0 Å². The molecule has 0 atom stereocenters. The van der Waals surface area contributed by atoms with Crippen LogP contribution in [0.15, 0.2) is 41.3 Å². The van der Waals surface area contributed by atoms with E-state index in [9.17, 15) is 27.7 Å². The Morgan fingerprint density at radius 3 is 2.56 bits per heavy atom. The van der Waals surface area contributed by atoms with Crippen LogP contribution in [-0.4, -0.2) is 25.6 Å². The number of nitro groups is 1. The molecule has 7 nitrogen and oxygen atoms in total. The van der Waals surface area contributed by atoms with Crippen molar-refractivity contribution in [3.63, 3.8) is 0 Å². The van der Waals surface area contributed by atoms with E-state index in [1.165, 1.54) is 12.1 Å². The van der Waals surface area contributed by atoms with Gasteiger partial charge < -0.3 is 4.74 Å². The highest BCUT2D eigenvalue weighted by Crippen LogP contribution is 2.26. The maximum absolute atomic E-state index is 13.6. The van der Waals surface area contributed by atoms with Crippen molar-refractivity contribution in [3.8, 4) is 0 Å². The first kappa shape index (κ1) is 18.8. The minimum absolute atomic E-state index is 0.0419. The van der Waals surface area contributed by atoms with Crippen molar-refractivity contribution in [2.75, 3.05) is 6.26 Å². The standard InChI is InChI=1S/C15H11ClFNO6S/c1-25(22,23)14-6-5-9(7-13(14)18(20)21)15(19)24-8-10-11(16)3-2-4-12(10)17/h2-7H,8H2,1H3. The van der Waals surface area contributed by atoms with Gasteiger partial charge in [-0.1, -0.05) is 17.7 Å². The largest absolute Gasteiger partial charge is 0.457 e. The van der Waals surface area contributed by atoms with Gasteiger partial charge in [0.05, 0.1) is 15.5 Å². The Hall–Kier alpha value is -2.52. The van der Waals surface area contributed by atoms with Crippen LogP contribution in [0.25, 0.3) is 0 Å². The van der Waals surface area contributed by atoms with Crippen LogP contribution in [0.1, 0.15) is 15.9 Å². The van der Waals surface area contributed by atoms with Gasteiger partial charge in [0.2, 0.25) is 0 Å². The zero-order valence-electron chi connectivity index (χ0n) is 12.7. The lowest BCUT2D eigenvalue weighted by atomic mass is 10.2. The van der Waals surface area contributed by atoms with Crippen molar-refractivity contribution >= 4 is 33.1 Å². The molecule has 25 heavy (non-hydrogen) atoms. The molecule has 10 heteroatoms. The molecule has 0 spiro atoms. The summed E-state index contributed by atoms with van der Waals surface area (Å²) in [4.78, 5) is 21.6. The predicted octanol–water partition coefficient (Wildman–Crippen LogP) is 3.15. The predicted molar refractivity (Wildman–Crippen MR) is 86.7 cm³/mol. The molecule has 0 unspecified atom stereocenters. The average Bonchev–Trinajstić information content (AvgIpc) is 2.52. The van der Waals surface area contributed by atoms with E-state index < -0.39 is 43.7 Å². The number of carbonyl (C=O) groups excluding carboxylic acids is 1. The molecular weight excluding hydrogens is 377 g/mol. The molecule has 0 radical (unpaired) electrons. The van der Waals surface area contributed by atoms with Crippen LogP contribution in [-0.2, 0) is 21.2 Å². The molecule has 2 aromatic rings. The van der Waals surface area contributed by atoms with Gasteiger partial charge in [0, 0.05) is 17.9 Å². The second kappa shape index (κ2) is 7.16. The van der Waals surface area contributed by atoms with Gasteiger partial charge in [-0.3, -0.25) is 10.1 Å². The quantitative estimate of drug-likeness (QED) is 0.443. The number of halogens is 2. The van der Waals surface area contributed by atoms with Gasteiger partial charge in [0.1, 0.15) is 17.3 Å². The van der Waals surface area contributed by atoms with Crippen LogP contribution in [0, 0.1) is 15.9 Å². The molecule has 0 saturated carbocycles. The maximum atomic E-state index is 13.6. The Kier molecular flexibility index (Phi) is 5.39. The third-order valence-corrected chi connectivity index (χ3v) is 4.70. The summed E-state index contributed by atoms with van der Waals surface area (Å²) in [5, 5.41) is 11.1. The molecule has 0 N–H and O–H groups in total. The average molecular weight is 388 g/mol. The van der Waals surface area contributed by atoms with E-state index in [1.807, 2.05) is 0 Å². The van der Waals surface area contributed by atoms with Gasteiger partial charge in [-0.05, 0) is 24.3 Å². The van der Waals surface area contributed by atoms with Crippen LogP contribution < -0.4 is 0 Å². The molecule has 0 saturated heterocycles. The summed E-state index contributed by atoms with van der Waals surface area (Å²) in [6, 6.07) is 6.76. The summed E-state index contributed by atoms with van der Waals surface area (Å²) in [5.74, 6) is -1.65. The molecule has 0 heterocycles. The molecule has 0 aliphatic carbocycles. The number of hydrogen-bond acceptors (Lipinski definition) is 6. The minimum Gasteiger partial charge on any atom is -0.457 e. The Morgan fingerprint density at radius 1 is 1.32 bits per heavy atom. The van der Waals surface area contributed by atoms with Crippen molar-refractivity contribution in [2.24, 2.45) is 0 Å². The Balaban J connectivity index is 2.28. The number of rotatable bonds is 5. The van der Waals surface area contributed by atoms with E-state index in [0.29, 0.717) is 0 Å². The van der Waals surface area contributed by atoms with Crippen molar-refractivity contribution in [1.29, 1.82) is 0 Å². The third-order valence-electron chi connectivity index (χ3n) is 3.20. The number of hydrogen-bond donors (Lipinski definition) is 0. The number of ether oxygens (including phenoxy) is 1. The molecule has 0 fully saturated rings. The summed E-state index contributed by atoms with van der Waals surface area (Å²) < 4.78 is 41.6. The molecular formula is C15H11ClFNO6S. The normalized spacial score (nSPS) is 11.2. The van der Waals surface area contributed by atoms with Crippen LogP contribution in [0.3, 0.4) is 0 Å². The van der Waals surface area contributed by atoms with Gasteiger partial charge in [-0.2, -0.15) is 0 Å². The van der Waals surface area contributed by atoms with E-state index in [0.717, 1.165) is 30.5 Å². The molecule has 0 bridgehead atoms. The number of carbonyl (C=O) groups is 1. The van der Waals surface area contributed by atoms with E-state index in [-0.39, 0.29) is 16.1 Å². The van der Waals surface area contributed by atoms with E-state index >= 15 is 0 Å². The number of nitrogens with zero attached hydrogens (tertiary/aromatic N) is 1. The lowest BCUT2D eigenvalue weighted by molar-refractivity contribution is -0.387. The topological polar surface area (TPSA) is 104 Å². The third kappa shape index (κ3) is 4.31. The molecule has 0 aromatic heterocycles. The SMILES string of the molecule is CS(=O)(=O)c1ccc(C(=O)OCc2c(F)cccc2Cl)cc1[N+](=O)[O-]. The van der Waals surface area contributed by atoms with Crippen molar-refractivity contribution < 1.29 is 27.3 Å². The van der Waals surface area contributed by atoms with E-state index in [2.05, 4.69) is 0 Å². The van der Waals surface area contributed by atoms with Gasteiger partial charge in [0.25, 0.3) is 5.69 Å². The number of nitro benzene ring substituents is 1. The zero-order valence-corrected chi connectivity index (χ0v) is 14.3. The first-order chi connectivity index (χ1) is 11.6. The van der Waals surface area contributed by atoms with Crippen molar-refractivity contribution in [3.05, 3.63) is 68.5 Å². The summed E-state index contributed by atoms with van der Waals surface area (Å²) in [5.41, 5.74) is -1.03. The highest BCUT2D eigenvalue weighted by molar-refractivity contribution is 7.90. The van der Waals surface area contributed by atoms with Crippen LogP contribution in [0.2, 0.25) is 5.02 Å². The molecule has 2 aromatic carbocycles. The van der Waals surface area contributed by atoms with Crippen molar-refractivity contribution in [1.82, 2.24) is 0 Å². The van der Waals surface area contributed by atoms with E-state index in [1.54, 1.807) is 0 Å². The fraction of sp³-hybridized carbons (Fsp3) is 0.133. The Morgan fingerprint density at radius 2 is 2.00 bits per heavy atom. The second-order valence-corrected chi connectivity index (χ2v) is 7.38. The van der Waals surface area contributed by atoms with E-state index in [4.69, 9.17) is 16.3 Å². The summed E-state index contributed by atoms with van der Waals surface area (Å²) in [6.07, 6.45) is 0.813. The van der Waals surface area contributed by atoms with Crippen LogP contribution in [0.4, 0.5) is 10.1 Å². The minimum atomic E-state index is -3.85. The second-order valence-electron chi connectivity index (χ2n) is 4.99. The summed E-state index contributed by atoms with van der Waals surface area (Å²) in [6.45, 7) is -0.480. The van der Waals surface area contributed by atoms with Gasteiger partial charge >= 0.3 is 5.97 Å². The zero-order chi connectivity index (χ0) is 18.8. The Bertz CT molecular complexity index is 940. The van der Waals surface area contributed by atoms with Crippen molar-refractivity contribution in [2.45, 2.75) is 11.5 Å². The first-order valence-corrected chi connectivity index (χ1v) is 8.96. The van der Waals surface area contributed by atoms with Crippen LogP contribution >= 0.6 is 11.6 Å². The number of benzene rings is 2. The smallest absolute Gasteiger partial charge is 0.338 e. The molecule has 132 valence electrons. The highest BCUT2D eigenvalue weighted by Gasteiger charge is 2.24. The molecule has 0 amide bonds. The number of esters is 1. The summed E-state index contributed by atoms with van der Waals surface area (Å²) >= 11 is 5.81. The van der Waals surface area contributed by atoms with Gasteiger partial charge in [0.15, 0.2) is 9.84 Å². The van der Waals surface area contributed by atoms with Gasteiger partial charge in [-0.25, -0.2) is 17.6 Å². The highest BCUT2D eigenvalue weighted by atomic mass is 35.5. The van der Waals surface area contributed by atoms with Gasteiger partial charge in [-0.15, -0.1) is 0 Å². The summed E-state index contributed by atoms with van der Waals surface area (Å²) in [7, 11) is -3.85. The first-order valence-electron chi connectivity index (χ1n) is 6.69. The Labute approximate surface area is 147 Å². The molecule has 0 aliphatic rings. The maximum Gasteiger partial charge on any atom is 0.338 e. The number of sulfone groups is 1. The monoisotopic (exact) mass is 387 g/mol. The molecule has 0 aliphatic heterocycles. The fourth-order valence-electron chi connectivity index (χ4n) is 1.99. The lowest BCUT2D eigenvalue weighted by Crippen LogP contribution is -2.09. The molecule has 2 rings (SSSR count). The lowest BCUT2D eigenvalue weighted by Gasteiger charge is -2.08.